The molecule has 0 spiro atoms. The Labute approximate surface area is 349 Å². The minimum Gasteiger partial charge on any atom is -0.480 e. The number of aliphatic hydroxyl groups is 1. The van der Waals surface area contributed by atoms with Crippen molar-refractivity contribution in [1.82, 2.24) is 27.4 Å². The van der Waals surface area contributed by atoms with Crippen molar-refractivity contribution in [2.45, 2.75) is 62.9 Å². The number of Topliss-reactive ketones (excluding diaryl/α,β-unsaturated/α-hetero) is 2. The highest BCUT2D eigenvalue weighted by Crippen LogP contribution is 2.13. The maximum absolute atomic E-state index is 12.4. The van der Waals surface area contributed by atoms with E-state index in [1.54, 1.807) is 30.3 Å². The number of nitrogens with zero attached hydrogens (tertiary/aromatic N) is 6. The van der Waals surface area contributed by atoms with Crippen LogP contribution in [0.3, 0.4) is 0 Å². The normalized spacial score (nSPS) is 11.0. The number of carbonyl (C=O) groups excluding carboxylic acids is 2. The van der Waals surface area contributed by atoms with Crippen molar-refractivity contribution >= 4 is 55.4 Å². The van der Waals surface area contributed by atoms with Gasteiger partial charge in [0.25, 0.3) is 16.7 Å². The zero-order valence-corrected chi connectivity index (χ0v) is 33.9. The number of ketones is 2. The molecule has 3 heterocycles. The third-order valence-corrected chi connectivity index (χ3v) is 9.61. The topological polar surface area (TPSA) is 424 Å². The van der Waals surface area contributed by atoms with E-state index in [2.05, 4.69) is 0 Å². The van der Waals surface area contributed by atoms with Crippen LogP contribution in [0.5, 0.6) is 0 Å². The minimum atomic E-state index is -4.96. The predicted octanol–water partition coefficient (Wildman–Crippen LogP) is -4.82. The zero-order chi connectivity index (χ0) is 48.3. The molecule has 0 aliphatic rings. The fourth-order valence-corrected chi connectivity index (χ4v) is 6.35. The predicted molar refractivity (Wildman–Crippen MR) is 206 cm³/mol. The lowest BCUT2D eigenvalue weighted by molar-refractivity contribution is -0.139. The smallest absolute Gasteiger partial charge is 0.332 e. The Morgan fingerprint density at radius 3 is 1.22 bits per heavy atom. The lowest BCUT2D eigenvalue weighted by atomic mass is 10.1. The molecule has 0 unspecified atom stereocenters. The van der Waals surface area contributed by atoms with Crippen LogP contribution in [0.1, 0.15) is 13.8 Å². The molecular weight excluding hydrogens is 897 g/mol. The Balaban J connectivity index is 0.000000326. The van der Waals surface area contributed by atoms with E-state index in [0.29, 0.717) is 27.1 Å². The first-order valence-corrected chi connectivity index (χ1v) is 19.9. The Hall–Kier alpha value is -7.70. The molecule has 4 rings (SSSR count). The molecule has 3 aromatic heterocycles. The Kier molecular flexibility index (Phi) is 17.3. The summed E-state index contributed by atoms with van der Waals surface area (Å²) in [6.07, 6.45) is 2.10. The van der Waals surface area contributed by atoms with E-state index in [4.69, 9.17) is 30.1 Å². The van der Waals surface area contributed by atoms with Crippen molar-refractivity contribution in [2.24, 2.45) is 0 Å². The monoisotopic (exact) mass is 930 g/mol. The molecule has 0 aliphatic heterocycles. The Morgan fingerprint density at radius 2 is 0.857 bits per heavy atom. The third kappa shape index (κ3) is 13.9. The largest absolute Gasteiger partial charge is 0.480 e. The van der Waals surface area contributed by atoms with Crippen molar-refractivity contribution in [2.75, 3.05) is 5.94 Å². The van der Waals surface area contributed by atoms with Gasteiger partial charge in [-0.05, 0) is 19.4 Å². The van der Waals surface area contributed by atoms with Crippen LogP contribution in [0, 0.1) is 0 Å². The molecule has 0 aliphatic carbocycles. The van der Waals surface area contributed by atoms with Crippen molar-refractivity contribution < 1.29 is 75.7 Å². The molecular formula is C33H34N6O22S2. The number of aliphatic carboxylic acids is 4. The van der Waals surface area contributed by atoms with E-state index in [0.717, 1.165) is 16.1 Å². The number of hydrogen-bond acceptors (Lipinski definition) is 17. The van der Waals surface area contributed by atoms with Gasteiger partial charge in [0, 0.05) is 18.6 Å². The second-order valence-electron chi connectivity index (χ2n) is 12.5. The van der Waals surface area contributed by atoms with Crippen LogP contribution >= 0.6 is 0 Å². The van der Waals surface area contributed by atoms with Gasteiger partial charge in [0.15, 0.2) is 9.79 Å². The van der Waals surface area contributed by atoms with Gasteiger partial charge in [-0.3, -0.25) is 70.5 Å². The van der Waals surface area contributed by atoms with E-state index in [9.17, 15) is 74.4 Å². The summed E-state index contributed by atoms with van der Waals surface area (Å²) in [6.45, 7) is -2.47. The van der Waals surface area contributed by atoms with E-state index < -0.39 is 138 Å². The van der Waals surface area contributed by atoms with Crippen LogP contribution in [0.4, 0.5) is 0 Å². The maximum Gasteiger partial charge on any atom is 0.332 e. The van der Waals surface area contributed by atoms with Crippen molar-refractivity contribution in [1.29, 1.82) is 0 Å². The highest BCUT2D eigenvalue weighted by atomic mass is 32.2. The summed E-state index contributed by atoms with van der Waals surface area (Å²) in [5.41, 5.74) is -6.02. The average molecular weight is 931 g/mol. The number of benzene rings is 1. The fraction of sp³-hybridized carbons (Fsp3) is 0.273. The van der Waals surface area contributed by atoms with Crippen molar-refractivity contribution in [3.63, 3.8) is 0 Å². The van der Waals surface area contributed by atoms with Crippen LogP contribution < -0.4 is 33.7 Å². The van der Waals surface area contributed by atoms with Gasteiger partial charge >= 0.3 is 51.1 Å². The second-order valence-corrected chi connectivity index (χ2v) is 15.8. The number of hydrogen-bond donors (Lipinski definition) is 6. The second kappa shape index (κ2) is 21.2. The van der Waals surface area contributed by atoms with Crippen LogP contribution in [0.2, 0.25) is 0 Å². The zero-order valence-electron chi connectivity index (χ0n) is 32.3. The number of rotatable bonds is 16. The van der Waals surface area contributed by atoms with E-state index >= 15 is 0 Å². The highest BCUT2D eigenvalue weighted by Gasteiger charge is 2.25. The van der Waals surface area contributed by atoms with Gasteiger partial charge in [-0.1, -0.05) is 30.3 Å². The van der Waals surface area contributed by atoms with Gasteiger partial charge in [-0.15, -0.1) is 0 Å². The number of carboxylic acid groups (broad SMARTS) is 4. The van der Waals surface area contributed by atoms with E-state index in [-0.39, 0.29) is 20.5 Å². The summed E-state index contributed by atoms with van der Waals surface area (Å²) in [5, 5.41) is 43.5. The SMILES string of the molecule is CC(=O)Cn1c(=O)c(-c2ccccc2)cn(CC(=O)O)c1=O.CC(=O)Cn1c(=O)c(S(=O)(=O)O)cn(CC(=O)O)c1=O.O=C(O)Cn1cc(S(=O)(=O)CO)c(=O)n(CC(=O)O)c1=O. The van der Waals surface area contributed by atoms with Crippen molar-refractivity contribution in [3.05, 3.63) is 111 Å². The fourth-order valence-electron chi connectivity index (χ4n) is 4.96. The van der Waals surface area contributed by atoms with Crippen LogP contribution in [0.15, 0.2) is 87.5 Å². The molecule has 28 nitrogen and oxygen atoms in total. The molecule has 4 aromatic rings. The number of carboxylic acids is 4. The van der Waals surface area contributed by atoms with Crippen LogP contribution in [-0.4, -0.2) is 116 Å². The first-order valence-electron chi connectivity index (χ1n) is 16.8. The molecule has 0 saturated carbocycles. The molecule has 1 aromatic carbocycles. The number of sulfone groups is 1. The van der Waals surface area contributed by atoms with Gasteiger partial charge in [-0.2, -0.15) is 8.42 Å². The molecule has 340 valence electrons. The summed E-state index contributed by atoms with van der Waals surface area (Å²) >= 11 is 0. The standard InChI is InChI=1S/C15H14N2O5.C9H10N2O9S.C9H10N2O8S/c1-10(18)7-17-14(21)12(11-5-3-2-4-6-11)8-16(15(17)22)9-13(19)20;12-4-21(19,20)5-1-10(2-6(13)14)9(18)11(8(5)17)3-7(15)16;1-5(12)2-11-8(15)6(20(17,18)19)3-10(9(11)16)4-7(13)14/h2-6,8H,7,9H2,1H3,(H,19,20);1,12H,2-4H2,(H,13,14)(H,15,16);3H,2,4H2,1H3,(H,13,14)(H,17,18,19). The van der Waals surface area contributed by atoms with Gasteiger partial charge in [0.2, 0.25) is 9.84 Å². The molecule has 0 atom stereocenters. The molecule has 63 heavy (non-hydrogen) atoms. The molecule has 0 bridgehead atoms. The molecule has 30 heteroatoms. The van der Waals surface area contributed by atoms with Gasteiger partial charge in [0.1, 0.15) is 43.7 Å². The number of carbonyl (C=O) groups is 6. The number of aromatic nitrogens is 6. The van der Waals surface area contributed by atoms with Crippen LogP contribution in [0.25, 0.3) is 11.1 Å². The van der Waals surface area contributed by atoms with E-state index in [1.165, 1.54) is 13.1 Å². The van der Waals surface area contributed by atoms with Gasteiger partial charge < -0.3 is 25.5 Å². The first-order chi connectivity index (χ1) is 29.0. The quantitative estimate of drug-likeness (QED) is 0.0574. The lowest BCUT2D eigenvalue weighted by Gasteiger charge is -2.11. The minimum absolute atomic E-state index is 0.0633. The summed E-state index contributed by atoms with van der Waals surface area (Å²) in [6, 6.07) is 8.55. The highest BCUT2D eigenvalue weighted by molar-refractivity contribution is 7.91. The molecule has 0 fully saturated rings. The Morgan fingerprint density at radius 1 is 0.508 bits per heavy atom. The Bertz CT molecular complexity index is 3080. The number of aliphatic hydroxyl groups excluding tert-OH is 1. The lowest BCUT2D eigenvalue weighted by Crippen LogP contribution is -2.44. The summed E-state index contributed by atoms with van der Waals surface area (Å²) in [5.74, 6) is -8.25. The molecule has 6 N–H and O–H groups in total. The summed E-state index contributed by atoms with van der Waals surface area (Å²) < 4.78 is 56.8. The van der Waals surface area contributed by atoms with Crippen molar-refractivity contribution in [3.8, 4) is 11.1 Å². The van der Waals surface area contributed by atoms with Gasteiger partial charge in [0.05, 0.1) is 18.7 Å². The summed E-state index contributed by atoms with van der Waals surface area (Å²) in [4.78, 5) is 134. The summed E-state index contributed by atoms with van der Waals surface area (Å²) in [7, 11) is -9.45. The maximum atomic E-state index is 12.4. The molecule has 0 radical (unpaired) electrons. The molecule has 0 saturated heterocycles. The molecule has 0 amide bonds. The van der Waals surface area contributed by atoms with Crippen LogP contribution in [-0.2, 0) is 88.0 Å². The van der Waals surface area contributed by atoms with Gasteiger partial charge in [-0.25, -0.2) is 27.4 Å². The average Bonchev–Trinajstić information content (AvgIpc) is 3.16. The first kappa shape index (κ1) is 51.4. The van der Waals surface area contributed by atoms with E-state index in [1.807, 2.05) is 0 Å². The third-order valence-electron chi connectivity index (χ3n) is 7.49.